The maximum absolute atomic E-state index is 12.7. The summed E-state index contributed by atoms with van der Waals surface area (Å²) in [5.74, 6) is 2.30. The molecule has 0 amide bonds. The Labute approximate surface area is 210 Å². The second-order valence-corrected chi connectivity index (χ2v) is 12.2. The Kier molecular flexibility index (Phi) is 5.49. The van der Waals surface area contributed by atoms with Crippen molar-refractivity contribution in [3.05, 3.63) is 53.2 Å². The summed E-state index contributed by atoms with van der Waals surface area (Å²) in [6.07, 6.45) is 0. The van der Waals surface area contributed by atoms with Crippen LogP contribution in [0.15, 0.2) is 36.4 Å². The summed E-state index contributed by atoms with van der Waals surface area (Å²) in [4.78, 5) is 2.27. The molecule has 3 aliphatic rings. The molecule has 2 aromatic carbocycles. The SMILES string of the molecule is CCS(=O)(=O)N1CC2(CN(Cc3ccc4c(c3)OCO4)[C@H](CO)c3c2c2ccc(OC)cc2n3C)C1. The average molecular weight is 514 g/mol. The Hall–Kier alpha value is -2.79. The van der Waals surface area contributed by atoms with Gasteiger partial charge in [0.25, 0.3) is 0 Å². The second kappa shape index (κ2) is 8.37. The minimum absolute atomic E-state index is 0.0497. The smallest absolute Gasteiger partial charge is 0.231 e. The molecule has 1 saturated heterocycles. The third-order valence-corrected chi connectivity index (χ3v) is 9.73. The van der Waals surface area contributed by atoms with Gasteiger partial charge in [0, 0.05) is 55.8 Å². The first-order valence-electron chi connectivity index (χ1n) is 12.2. The highest BCUT2D eigenvalue weighted by atomic mass is 32.2. The number of sulfonamides is 1. The van der Waals surface area contributed by atoms with Crippen molar-refractivity contribution in [3.8, 4) is 17.2 Å². The minimum Gasteiger partial charge on any atom is -0.497 e. The molecule has 1 spiro atoms. The van der Waals surface area contributed by atoms with Gasteiger partial charge >= 0.3 is 0 Å². The molecular formula is C26H31N3O6S. The lowest BCUT2D eigenvalue weighted by molar-refractivity contribution is 0.0242. The molecule has 0 bridgehead atoms. The molecule has 192 valence electrons. The highest BCUT2D eigenvalue weighted by Gasteiger charge is 2.55. The van der Waals surface area contributed by atoms with Gasteiger partial charge in [-0.2, -0.15) is 4.31 Å². The molecule has 3 aliphatic heterocycles. The van der Waals surface area contributed by atoms with E-state index in [0.29, 0.717) is 26.2 Å². The van der Waals surface area contributed by atoms with Crippen LogP contribution in [0.25, 0.3) is 10.9 Å². The van der Waals surface area contributed by atoms with Crippen molar-refractivity contribution >= 4 is 20.9 Å². The largest absolute Gasteiger partial charge is 0.497 e. The number of rotatable bonds is 6. The van der Waals surface area contributed by atoms with Crippen molar-refractivity contribution in [2.24, 2.45) is 7.05 Å². The van der Waals surface area contributed by atoms with Crippen LogP contribution in [0.1, 0.15) is 29.8 Å². The third kappa shape index (κ3) is 3.42. The van der Waals surface area contributed by atoms with E-state index < -0.39 is 10.0 Å². The van der Waals surface area contributed by atoms with E-state index >= 15 is 0 Å². The predicted molar refractivity (Wildman–Crippen MR) is 135 cm³/mol. The van der Waals surface area contributed by atoms with Crippen LogP contribution in [0.5, 0.6) is 17.2 Å². The summed E-state index contributed by atoms with van der Waals surface area (Å²) >= 11 is 0. The lowest BCUT2D eigenvalue weighted by Crippen LogP contribution is -2.67. The van der Waals surface area contributed by atoms with Crippen molar-refractivity contribution in [3.63, 3.8) is 0 Å². The quantitative estimate of drug-likeness (QED) is 0.541. The molecule has 1 aromatic heterocycles. The first-order valence-corrected chi connectivity index (χ1v) is 13.8. The molecular weight excluding hydrogens is 482 g/mol. The zero-order chi connectivity index (χ0) is 25.2. The van der Waals surface area contributed by atoms with Gasteiger partial charge in [0.05, 0.1) is 31.0 Å². The molecule has 3 aromatic rings. The molecule has 1 N–H and O–H groups in total. The normalized spacial score (nSPS) is 21.1. The van der Waals surface area contributed by atoms with Crippen molar-refractivity contribution < 1.29 is 27.7 Å². The number of methoxy groups -OCH3 is 1. The van der Waals surface area contributed by atoms with E-state index in [1.807, 2.05) is 37.4 Å². The Bertz CT molecular complexity index is 1440. The third-order valence-electron chi connectivity index (χ3n) is 7.96. The number of nitrogens with zero attached hydrogens (tertiary/aromatic N) is 3. The van der Waals surface area contributed by atoms with Crippen LogP contribution in [-0.2, 0) is 29.0 Å². The van der Waals surface area contributed by atoms with Crippen LogP contribution >= 0.6 is 0 Å². The zero-order valence-electron chi connectivity index (χ0n) is 20.7. The maximum atomic E-state index is 12.7. The molecule has 10 heteroatoms. The highest BCUT2D eigenvalue weighted by molar-refractivity contribution is 7.89. The summed E-state index contributed by atoms with van der Waals surface area (Å²) in [5.41, 5.74) is 3.87. The Morgan fingerprint density at radius 2 is 1.89 bits per heavy atom. The van der Waals surface area contributed by atoms with Gasteiger partial charge < -0.3 is 23.9 Å². The summed E-state index contributed by atoms with van der Waals surface area (Å²) in [7, 11) is 0.371. The molecule has 6 rings (SSSR count). The first-order chi connectivity index (χ1) is 17.3. The van der Waals surface area contributed by atoms with Gasteiger partial charge in [-0.15, -0.1) is 0 Å². The van der Waals surface area contributed by atoms with Gasteiger partial charge in [-0.3, -0.25) is 4.90 Å². The van der Waals surface area contributed by atoms with Crippen LogP contribution in [0.4, 0.5) is 0 Å². The Balaban J connectivity index is 1.46. The lowest BCUT2D eigenvalue weighted by Gasteiger charge is -2.55. The van der Waals surface area contributed by atoms with E-state index in [9.17, 15) is 13.5 Å². The van der Waals surface area contributed by atoms with Gasteiger partial charge in [-0.05, 0) is 42.3 Å². The average Bonchev–Trinajstić information content (AvgIpc) is 3.44. The lowest BCUT2D eigenvalue weighted by atomic mass is 9.70. The van der Waals surface area contributed by atoms with Gasteiger partial charge in [-0.25, -0.2) is 8.42 Å². The number of hydrogen-bond acceptors (Lipinski definition) is 7. The van der Waals surface area contributed by atoms with E-state index in [1.54, 1.807) is 18.3 Å². The van der Waals surface area contributed by atoms with Crippen molar-refractivity contribution in [1.82, 2.24) is 13.8 Å². The van der Waals surface area contributed by atoms with Gasteiger partial charge in [0.15, 0.2) is 11.5 Å². The summed E-state index contributed by atoms with van der Waals surface area (Å²) in [6, 6.07) is 11.7. The molecule has 1 fully saturated rings. The van der Waals surface area contributed by atoms with Gasteiger partial charge in [0.2, 0.25) is 16.8 Å². The number of aliphatic hydroxyl groups excluding tert-OH is 1. The number of aliphatic hydroxyl groups is 1. The molecule has 1 atom stereocenters. The topological polar surface area (TPSA) is 93.5 Å². The highest BCUT2D eigenvalue weighted by Crippen LogP contribution is 2.50. The van der Waals surface area contributed by atoms with E-state index in [4.69, 9.17) is 14.2 Å². The van der Waals surface area contributed by atoms with E-state index in [-0.39, 0.29) is 30.6 Å². The molecule has 0 radical (unpaired) electrons. The summed E-state index contributed by atoms with van der Waals surface area (Å²) in [6.45, 7) is 3.94. The Morgan fingerprint density at radius 3 is 2.61 bits per heavy atom. The van der Waals surface area contributed by atoms with E-state index in [0.717, 1.165) is 45.0 Å². The summed E-state index contributed by atoms with van der Waals surface area (Å²) in [5, 5.41) is 11.7. The van der Waals surface area contributed by atoms with Crippen LogP contribution in [0.3, 0.4) is 0 Å². The zero-order valence-corrected chi connectivity index (χ0v) is 21.5. The molecule has 0 unspecified atom stereocenters. The Morgan fingerprint density at radius 1 is 1.11 bits per heavy atom. The molecule has 0 aliphatic carbocycles. The maximum Gasteiger partial charge on any atom is 0.231 e. The molecule has 0 saturated carbocycles. The molecule has 36 heavy (non-hydrogen) atoms. The fourth-order valence-corrected chi connectivity index (χ4v) is 7.42. The predicted octanol–water partition coefficient (Wildman–Crippen LogP) is 2.37. The van der Waals surface area contributed by atoms with Crippen molar-refractivity contribution in [2.75, 3.05) is 45.9 Å². The second-order valence-electron chi connectivity index (χ2n) is 9.94. The van der Waals surface area contributed by atoms with Gasteiger partial charge in [-0.1, -0.05) is 6.07 Å². The monoisotopic (exact) mass is 513 g/mol. The number of benzene rings is 2. The van der Waals surface area contributed by atoms with Crippen LogP contribution < -0.4 is 14.2 Å². The fraction of sp³-hybridized carbons (Fsp3) is 0.462. The van der Waals surface area contributed by atoms with Gasteiger partial charge in [0.1, 0.15) is 5.75 Å². The molecule has 4 heterocycles. The van der Waals surface area contributed by atoms with Crippen LogP contribution in [0, 0.1) is 0 Å². The first kappa shape index (κ1) is 23.6. The number of fused-ring (bicyclic) bond motifs is 5. The van der Waals surface area contributed by atoms with Crippen LogP contribution in [0.2, 0.25) is 0 Å². The van der Waals surface area contributed by atoms with Crippen LogP contribution in [-0.4, -0.2) is 73.2 Å². The molecule has 9 nitrogen and oxygen atoms in total. The standard InChI is InChI=1S/C26H31N3O6S/c1-4-36(31,32)29-14-26(15-29)13-28(11-17-5-8-22-23(9-17)35-16-34-22)21(12-30)25-24(26)19-7-6-18(33-3)10-20(19)27(25)2/h5-10,21,30H,4,11-16H2,1-3H3/t21-/m1/s1. The van der Waals surface area contributed by atoms with Crippen molar-refractivity contribution in [2.45, 2.75) is 24.9 Å². The minimum atomic E-state index is -3.29. The van der Waals surface area contributed by atoms with E-state index in [2.05, 4.69) is 15.5 Å². The fourth-order valence-electron chi connectivity index (χ4n) is 6.17. The number of hydrogen-bond donors (Lipinski definition) is 1. The summed E-state index contributed by atoms with van der Waals surface area (Å²) < 4.78 is 45.7. The number of ether oxygens (including phenoxy) is 3. The van der Waals surface area contributed by atoms with Crippen molar-refractivity contribution in [1.29, 1.82) is 0 Å². The number of aromatic nitrogens is 1. The number of aryl methyl sites for hydroxylation is 1. The van der Waals surface area contributed by atoms with E-state index in [1.165, 1.54) is 0 Å².